The molecule has 0 aliphatic carbocycles. The quantitative estimate of drug-likeness (QED) is 0.509. The number of rotatable bonds is 6. The van der Waals surface area contributed by atoms with E-state index in [1.165, 1.54) is 28.8 Å². The summed E-state index contributed by atoms with van der Waals surface area (Å²) in [6.07, 6.45) is 0. The Kier molecular flexibility index (Phi) is 4.85. The molecule has 2 aromatic carbocycles. The highest BCUT2D eigenvalue weighted by atomic mass is 19.3. The Morgan fingerprint density at radius 1 is 1.00 bits per heavy atom. The standard InChI is InChI=1S/C18H14F3N7O/c19-9-14-24-12-3-1-2-4-13(12)28(14)18-26-16(22)25-17(27-18)23-10-5-7-11(8-6-10)29-15(20)21/h1-8,15H,9H2,(H3,22,23,25,26,27). The predicted molar refractivity (Wildman–Crippen MR) is 100 cm³/mol. The van der Waals surface area contributed by atoms with Gasteiger partial charge in [-0.1, -0.05) is 12.1 Å². The molecular formula is C18H14F3N7O. The van der Waals surface area contributed by atoms with E-state index >= 15 is 0 Å². The average Bonchev–Trinajstić information content (AvgIpc) is 3.07. The average molecular weight is 401 g/mol. The molecule has 0 unspecified atom stereocenters. The van der Waals surface area contributed by atoms with Crippen molar-refractivity contribution in [3.63, 3.8) is 0 Å². The van der Waals surface area contributed by atoms with Crippen molar-refractivity contribution in [3.05, 3.63) is 54.4 Å². The van der Waals surface area contributed by atoms with Crippen LogP contribution in [0, 0.1) is 0 Å². The van der Waals surface area contributed by atoms with E-state index in [-0.39, 0.29) is 29.4 Å². The predicted octanol–water partition coefficient (Wildman–Crippen LogP) is 3.61. The van der Waals surface area contributed by atoms with Gasteiger partial charge in [0.1, 0.15) is 18.2 Å². The van der Waals surface area contributed by atoms with E-state index < -0.39 is 13.3 Å². The maximum Gasteiger partial charge on any atom is 0.387 e. The van der Waals surface area contributed by atoms with Crippen LogP contribution in [0.2, 0.25) is 0 Å². The fourth-order valence-corrected chi connectivity index (χ4v) is 2.77. The van der Waals surface area contributed by atoms with E-state index in [1.54, 1.807) is 24.3 Å². The van der Waals surface area contributed by atoms with Crippen molar-refractivity contribution in [1.82, 2.24) is 24.5 Å². The number of ether oxygens (including phenoxy) is 1. The topological polar surface area (TPSA) is 104 Å². The third-order valence-electron chi connectivity index (χ3n) is 3.93. The summed E-state index contributed by atoms with van der Waals surface area (Å²) in [6.45, 7) is -3.73. The van der Waals surface area contributed by atoms with Crippen LogP contribution >= 0.6 is 0 Å². The molecule has 8 nitrogen and oxygen atoms in total. The van der Waals surface area contributed by atoms with E-state index in [1.807, 2.05) is 0 Å². The number of para-hydroxylation sites is 2. The van der Waals surface area contributed by atoms with Crippen LogP contribution in [-0.4, -0.2) is 31.1 Å². The van der Waals surface area contributed by atoms with Crippen molar-refractivity contribution in [2.24, 2.45) is 0 Å². The van der Waals surface area contributed by atoms with Crippen molar-refractivity contribution < 1.29 is 17.9 Å². The molecule has 0 aliphatic rings. The van der Waals surface area contributed by atoms with Crippen LogP contribution in [0.5, 0.6) is 5.75 Å². The molecule has 2 heterocycles. The third-order valence-corrected chi connectivity index (χ3v) is 3.93. The number of aromatic nitrogens is 5. The van der Waals surface area contributed by atoms with Crippen molar-refractivity contribution in [3.8, 4) is 11.7 Å². The number of anilines is 3. The largest absolute Gasteiger partial charge is 0.435 e. The van der Waals surface area contributed by atoms with Gasteiger partial charge in [0, 0.05) is 5.69 Å². The van der Waals surface area contributed by atoms with Gasteiger partial charge in [0.15, 0.2) is 0 Å². The fraction of sp³-hybridized carbons (Fsp3) is 0.111. The number of alkyl halides is 3. The normalized spacial score (nSPS) is 11.2. The molecule has 0 radical (unpaired) electrons. The number of nitrogens with two attached hydrogens (primary N) is 1. The van der Waals surface area contributed by atoms with Gasteiger partial charge < -0.3 is 15.8 Å². The van der Waals surface area contributed by atoms with E-state index in [2.05, 4.69) is 30.0 Å². The molecule has 0 aliphatic heterocycles. The van der Waals surface area contributed by atoms with Gasteiger partial charge in [-0.15, -0.1) is 0 Å². The summed E-state index contributed by atoms with van der Waals surface area (Å²) in [5.41, 5.74) is 7.51. The number of nitrogens with zero attached hydrogens (tertiary/aromatic N) is 5. The van der Waals surface area contributed by atoms with Gasteiger partial charge in [-0.25, -0.2) is 9.37 Å². The first-order valence-electron chi connectivity index (χ1n) is 8.39. The molecule has 0 fully saturated rings. The van der Waals surface area contributed by atoms with Crippen molar-refractivity contribution in [2.45, 2.75) is 13.3 Å². The van der Waals surface area contributed by atoms with Crippen LogP contribution in [0.15, 0.2) is 48.5 Å². The minimum atomic E-state index is -2.91. The zero-order valence-electron chi connectivity index (χ0n) is 14.8. The minimum Gasteiger partial charge on any atom is -0.435 e. The highest BCUT2D eigenvalue weighted by Gasteiger charge is 2.16. The molecule has 0 saturated heterocycles. The maximum atomic E-state index is 13.5. The second-order valence-electron chi connectivity index (χ2n) is 5.83. The summed E-state index contributed by atoms with van der Waals surface area (Å²) >= 11 is 0. The number of halogens is 3. The Bertz CT molecular complexity index is 1150. The van der Waals surface area contributed by atoms with E-state index in [0.29, 0.717) is 16.7 Å². The molecule has 0 amide bonds. The van der Waals surface area contributed by atoms with Crippen LogP contribution in [0.4, 0.5) is 30.8 Å². The third kappa shape index (κ3) is 3.88. The molecule has 4 rings (SSSR count). The smallest absolute Gasteiger partial charge is 0.387 e. The van der Waals surface area contributed by atoms with E-state index in [9.17, 15) is 13.2 Å². The van der Waals surface area contributed by atoms with Gasteiger partial charge in [0.05, 0.1) is 11.0 Å². The number of benzene rings is 2. The molecule has 0 atom stereocenters. The lowest BCUT2D eigenvalue weighted by Gasteiger charge is -2.10. The lowest BCUT2D eigenvalue weighted by atomic mass is 10.3. The van der Waals surface area contributed by atoms with Crippen LogP contribution in [0.25, 0.3) is 17.0 Å². The molecule has 0 saturated carbocycles. The number of imidazole rings is 1. The maximum absolute atomic E-state index is 13.5. The van der Waals surface area contributed by atoms with Gasteiger partial charge in [0.2, 0.25) is 17.8 Å². The number of nitrogen functional groups attached to an aromatic ring is 1. The van der Waals surface area contributed by atoms with Gasteiger partial charge in [-0.2, -0.15) is 23.7 Å². The van der Waals surface area contributed by atoms with E-state index in [4.69, 9.17) is 5.73 Å². The summed E-state index contributed by atoms with van der Waals surface area (Å²) in [5, 5.41) is 2.90. The number of hydrogen-bond donors (Lipinski definition) is 2. The van der Waals surface area contributed by atoms with Crippen molar-refractivity contribution in [1.29, 1.82) is 0 Å². The van der Waals surface area contributed by atoms with Crippen molar-refractivity contribution >= 4 is 28.6 Å². The van der Waals surface area contributed by atoms with Gasteiger partial charge in [-0.05, 0) is 36.4 Å². The Morgan fingerprint density at radius 2 is 1.76 bits per heavy atom. The molecule has 2 aromatic heterocycles. The molecule has 0 spiro atoms. The second-order valence-corrected chi connectivity index (χ2v) is 5.83. The second kappa shape index (κ2) is 7.62. The highest BCUT2D eigenvalue weighted by molar-refractivity contribution is 5.77. The monoisotopic (exact) mass is 401 g/mol. The van der Waals surface area contributed by atoms with Crippen molar-refractivity contribution in [2.75, 3.05) is 11.1 Å². The lowest BCUT2D eigenvalue weighted by molar-refractivity contribution is -0.0498. The molecule has 29 heavy (non-hydrogen) atoms. The Balaban J connectivity index is 1.69. The molecule has 11 heteroatoms. The minimum absolute atomic E-state index is 0.0128. The summed E-state index contributed by atoms with van der Waals surface area (Å²) in [6, 6.07) is 12.8. The number of nitrogens with one attached hydrogen (secondary N) is 1. The number of fused-ring (bicyclic) bond motifs is 1. The van der Waals surface area contributed by atoms with Gasteiger partial charge in [-0.3, -0.25) is 4.57 Å². The Morgan fingerprint density at radius 3 is 2.48 bits per heavy atom. The highest BCUT2D eigenvalue weighted by Crippen LogP contribution is 2.23. The first-order chi connectivity index (χ1) is 14.0. The first-order valence-corrected chi connectivity index (χ1v) is 8.39. The van der Waals surface area contributed by atoms with Crippen LogP contribution in [-0.2, 0) is 6.67 Å². The van der Waals surface area contributed by atoms with Crippen LogP contribution < -0.4 is 15.8 Å². The summed E-state index contributed by atoms with van der Waals surface area (Å²) < 4.78 is 43.8. The molecule has 0 bridgehead atoms. The summed E-state index contributed by atoms with van der Waals surface area (Å²) in [4.78, 5) is 16.6. The zero-order chi connectivity index (χ0) is 20.4. The van der Waals surface area contributed by atoms with E-state index in [0.717, 1.165) is 0 Å². The lowest BCUT2D eigenvalue weighted by Crippen LogP contribution is -2.11. The fourth-order valence-electron chi connectivity index (χ4n) is 2.77. The molecule has 148 valence electrons. The molecule has 3 N–H and O–H groups in total. The van der Waals surface area contributed by atoms with Crippen LogP contribution in [0.1, 0.15) is 5.82 Å². The SMILES string of the molecule is Nc1nc(Nc2ccc(OC(F)F)cc2)nc(-n2c(CF)nc3ccccc32)n1. The molecule has 4 aromatic rings. The number of hydrogen-bond acceptors (Lipinski definition) is 7. The first kappa shape index (κ1) is 18.5. The molecular weight excluding hydrogens is 387 g/mol. The van der Waals surface area contributed by atoms with Gasteiger partial charge >= 0.3 is 6.61 Å². The summed E-state index contributed by atoms with van der Waals surface area (Å²) in [5.74, 6) is 0.240. The zero-order valence-corrected chi connectivity index (χ0v) is 14.8. The van der Waals surface area contributed by atoms with Gasteiger partial charge in [0.25, 0.3) is 0 Å². The Hall–Kier alpha value is -3.89. The summed E-state index contributed by atoms with van der Waals surface area (Å²) in [7, 11) is 0. The van der Waals surface area contributed by atoms with Crippen LogP contribution in [0.3, 0.4) is 0 Å². The Labute approximate surface area is 162 Å².